The average molecular weight is 750 g/mol. The monoisotopic (exact) mass is 748 g/mol. The molecule has 1 aliphatic heterocycles. The molecule has 0 saturated heterocycles. The highest BCUT2D eigenvalue weighted by atomic mass is 79.9. The van der Waals surface area contributed by atoms with Crippen molar-refractivity contribution in [3.63, 3.8) is 0 Å². The summed E-state index contributed by atoms with van der Waals surface area (Å²) < 4.78 is 31.0. The lowest BCUT2D eigenvalue weighted by Crippen LogP contribution is -2.40. The number of thiazole rings is 1. The molecule has 1 atom stereocenters. The van der Waals surface area contributed by atoms with Crippen molar-refractivity contribution in [3.8, 4) is 17.2 Å². The minimum absolute atomic E-state index is 0.0848. The summed E-state index contributed by atoms with van der Waals surface area (Å²) in [7, 11) is 1.54. The van der Waals surface area contributed by atoms with Gasteiger partial charge in [0.25, 0.3) is 5.56 Å². The lowest BCUT2D eigenvalue weighted by atomic mass is 9.95. The molecule has 5 rings (SSSR count). The van der Waals surface area contributed by atoms with E-state index in [9.17, 15) is 14.4 Å². The zero-order valence-electron chi connectivity index (χ0n) is 28.1. The summed E-state index contributed by atoms with van der Waals surface area (Å²) in [5.41, 5.74) is 3.01. The number of benzene rings is 3. The quantitative estimate of drug-likeness (QED) is 0.160. The Morgan fingerprint density at radius 1 is 0.959 bits per heavy atom. The van der Waals surface area contributed by atoms with Gasteiger partial charge < -0.3 is 23.7 Å². The van der Waals surface area contributed by atoms with Crippen molar-refractivity contribution in [2.75, 3.05) is 20.3 Å². The molecule has 0 saturated carbocycles. The van der Waals surface area contributed by atoms with E-state index in [1.807, 2.05) is 50.2 Å². The van der Waals surface area contributed by atoms with Gasteiger partial charge in [0, 0.05) is 10.0 Å². The van der Waals surface area contributed by atoms with Gasteiger partial charge in [0.05, 0.1) is 53.8 Å². The Kier molecular flexibility index (Phi) is 11.4. The summed E-state index contributed by atoms with van der Waals surface area (Å²) in [5, 5.41) is 0. The maximum atomic E-state index is 14.3. The summed E-state index contributed by atoms with van der Waals surface area (Å²) in [6.45, 7) is 9.77. The molecule has 3 aromatic carbocycles. The van der Waals surface area contributed by atoms with E-state index >= 15 is 0 Å². The molecule has 49 heavy (non-hydrogen) atoms. The number of carbonyl (C=O) groups excluding carboxylic acids is 2. The van der Waals surface area contributed by atoms with E-state index in [1.54, 1.807) is 58.2 Å². The van der Waals surface area contributed by atoms with E-state index in [4.69, 9.17) is 23.7 Å². The molecule has 0 amide bonds. The van der Waals surface area contributed by atoms with Crippen LogP contribution in [-0.2, 0) is 20.9 Å². The van der Waals surface area contributed by atoms with Gasteiger partial charge in [-0.05, 0) is 94.3 Å². The van der Waals surface area contributed by atoms with Crippen LogP contribution in [0.1, 0.15) is 67.7 Å². The van der Waals surface area contributed by atoms with Crippen molar-refractivity contribution in [1.82, 2.24) is 4.57 Å². The van der Waals surface area contributed by atoms with Crippen LogP contribution in [0.4, 0.5) is 0 Å². The van der Waals surface area contributed by atoms with E-state index in [2.05, 4.69) is 20.9 Å². The number of aromatic nitrogens is 1. The van der Waals surface area contributed by atoms with Crippen LogP contribution in [0.5, 0.6) is 17.2 Å². The highest BCUT2D eigenvalue weighted by Crippen LogP contribution is 2.36. The molecular weight excluding hydrogens is 712 g/mol. The lowest BCUT2D eigenvalue weighted by Gasteiger charge is -2.25. The van der Waals surface area contributed by atoms with Gasteiger partial charge in [-0.3, -0.25) is 9.36 Å². The minimum atomic E-state index is -0.824. The number of methoxy groups -OCH3 is 1. The van der Waals surface area contributed by atoms with E-state index in [-0.39, 0.29) is 36.4 Å². The smallest absolute Gasteiger partial charge is 0.338 e. The van der Waals surface area contributed by atoms with Crippen LogP contribution >= 0.6 is 27.3 Å². The Morgan fingerprint density at radius 3 is 2.33 bits per heavy atom. The molecule has 0 spiro atoms. The van der Waals surface area contributed by atoms with Crippen LogP contribution in [0, 0.1) is 0 Å². The molecule has 0 N–H and O–H groups in total. The Balaban J connectivity index is 1.56. The van der Waals surface area contributed by atoms with Crippen LogP contribution in [-0.4, -0.2) is 42.9 Å². The molecule has 0 radical (unpaired) electrons. The summed E-state index contributed by atoms with van der Waals surface area (Å²) >= 11 is 4.75. The SMILES string of the molecule is CCOC(=O)C1=C(C)N=c2s/c(=C/c3cc(Br)ccc3OCc3ccc(C(=O)OCC)cc3)c(=O)n2[C@@H]1c1ccc(OC(C)C)c(OC)c1. The predicted molar refractivity (Wildman–Crippen MR) is 190 cm³/mol. The molecule has 256 valence electrons. The molecular formula is C37H37BrN2O8S. The van der Waals surface area contributed by atoms with Gasteiger partial charge in [0.1, 0.15) is 12.4 Å². The number of ether oxygens (including phenoxy) is 5. The highest BCUT2D eigenvalue weighted by Gasteiger charge is 2.34. The number of hydrogen-bond donors (Lipinski definition) is 0. The molecule has 0 bridgehead atoms. The second-order valence-corrected chi connectivity index (χ2v) is 13.2. The van der Waals surface area contributed by atoms with Gasteiger partial charge >= 0.3 is 11.9 Å². The molecule has 0 unspecified atom stereocenters. The second kappa shape index (κ2) is 15.7. The van der Waals surface area contributed by atoms with Gasteiger partial charge in [-0.1, -0.05) is 45.5 Å². The largest absolute Gasteiger partial charge is 0.493 e. The predicted octanol–water partition coefficient (Wildman–Crippen LogP) is 6.11. The number of allylic oxidation sites excluding steroid dienone is 1. The standard InChI is InChI=1S/C37H37BrN2O8S/c1-7-45-35(42)24-11-9-23(10-12-24)20-47-28-16-14-27(38)17-26(28)19-31-34(41)40-33(25-13-15-29(48-21(3)4)30(18-25)44-6)32(36(43)46-8-2)22(5)39-37(40)49-31/h9-19,21,33H,7-8,20H2,1-6H3/b31-19+/t33-/m1/s1. The fourth-order valence-electron chi connectivity index (χ4n) is 5.33. The van der Waals surface area contributed by atoms with Gasteiger partial charge in [0.2, 0.25) is 0 Å². The van der Waals surface area contributed by atoms with Crippen LogP contribution in [0.3, 0.4) is 0 Å². The number of fused-ring (bicyclic) bond motifs is 1. The van der Waals surface area contributed by atoms with E-state index < -0.39 is 12.0 Å². The van der Waals surface area contributed by atoms with Crippen LogP contribution in [0.15, 0.2) is 86.2 Å². The van der Waals surface area contributed by atoms with E-state index in [0.717, 1.165) is 10.0 Å². The van der Waals surface area contributed by atoms with Crippen molar-refractivity contribution in [2.24, 2.45) is 4.99 Å². The van der Waals surface area contributed by atoms with Gasteiger partial charge in [-0.15, -0.1) is 0 Å². The maximum absolute atomic E-state index is 14.3. The molecule has 0 fully saturated rings. The topological polar surface area (TPSA) is 115 Å². The van der Waals surface area contributed by atoms with Gasteiger partial charge in [0.15, 0.2) is 16.3 Å². The van der Waals surface area contributed by atoms with Crippen LogP contribution in [0.2, 0.25) is 0 Å². The highest BCUT2D eigenvalue weighted by molar-refractivity contribution is 9.10. The molecule has 1 aromatic heterocycles. The normalized spacial score (nSPS) is 14.3. The van der Waals surface area contributed by atoms with Gasteiger partial charge in [-0.2, -0.15) is 0 Å². The first-order chi connectivity index (χ1) is 23.5. The fourth-order valence-corrected chi connectivity index (χ4v) is 6.75. The molecule has 1 aliphatic rings. The van der Waals surface area contributed by atoms with Crippen molar-refractivity contribution < 1.29 is 33.3 Å². The summed E-state index contributed by atoms with van der Waals surface area (Å²) in [6, 6.07) is 17.1. The average Bonchev–Trinajstić information content (AvgIpc) is 3.37. The minimum Gasteiger partial charge on any atom is -0.493 e. The van der Waals surface area contributed by atoms with Crippen molar-refractivity contribution in [2.45, 2.75) is 53.4 Å². The van der Waals surface area contributed by atoms with Crippen LogP contribution in [0.25, 0.3) is 6.08 Å². The molecule has 10 nitrogen and oxygen atoms in total. The Bertz CT molecular complexity index is 2080. The third-order valence-corrected chi connectivity index (χ3v) is 8.98. The number of nitrogens with zero attached hydrogens (tertiary/aromatic N) is 2. The fraction of sp³-hybridized carbons (Fsp3) is 0.297. The number of halogens is 1. The zero-order chi connectivity index (χ0) is 35.2. The summed E-state index contributed by atoms with van der Waals surface area (Å²) in [4.78, 5) is 44.8. The maximum Gasteiger partial charge on any atom is 0.338 e. The lowest BCUT2D eigenvalue weighted by molar-refractivity contribution is -0.139. The van der Waals surface area contributed by atoms with Crippen molar-refractivity contribution in [1.29, 1.82) is 0 Å². The Hall–Kier alpha value is -4.68. The Labute approximate surface area is 296 Å². The second-order valence-electron chi connectivity index (χ2n) is 11.3. The summed E-state index contributed by atoms with van der Waals surface area (Å²) in [5.74, 6) is 0.632. The first kappa shape index (κ1) is 35.6. The van der Waals surface area contributed by atoms with E-state index in [0.29, 0.717) is 55.6 Å². The third kappa shape index (κ3) is 7.97. The van der Waals surface area contributed by atoms with E-state index in [1.165, 1.54) is 15.9 Å². The molecule has 12 heteroatoms. The number of rotatable bonds is 12. The molecule has 4 aromatic rings. The summed E-state index contributed by atoms with van der Waals surface area (Å²) in [6.07, 6.45) is 1.67. The number of carbonyl (C=O) groups is 2. The number of esters is 2. The molecule has 2 heterocycles. The third-order valence-electron chi connectivity index (χ3n) is 7.50. The number of hydrogen-bond acceptors (Lipinski definition) is 10. The molecule has 0 aliphatic carbocycles. The van der Waals surface area contributed by atoms with Crippen LogP contribution < -0.4 is 29.1 Å². The van der Waals surface area contributed by atoms with Crippen molar-refractivity contribution >= 4 is 45.3 Å². The van der Waals surface area contributed by atoms with Gasteiger partial charge in [-0.25, -0.2) is 14.6 Å². The van der Waals surface area contributed by atoms with Crippen molar-refractivity contribution in [3.05, 3.63) is 118 Å². The first-order valence-electron chi connectivity index (χ1n) is 15.8. The zero-order valence-corrected chi connectivity index (χ0v) is 30.5. The first-order valence-corrected chi connectivity index (χ1v) is 17.4. The Morgan fingerprint density at radius 2 is 1.65 bits per heavy atom.